The number of nitrogens with one attached hydrogen (secondary N) is 1. The van der Waals surface area contributed by atoms with Crippen molar-refractivity contribution < 1.29 is 14.6 Å². The molecule has 0 spiro atoms. The number of amides is 1. The van der Waals surface area contributed by atoms with Crippen LogP contribution in [0.25, 0.3) is 11.4 Å². The minimum absolute atomic E-state index is 0.0369. The molecule has 0 radical (unpaired) electrons. The van der Waals surface area contributed by atoms with E-state index in [1.54, 1.807) is 18.2 Å². The van der Waals surface area contributed by atoms with E-state index in [9.17, 15) is 9.90 Å². The number of hydrogen-bond donors (Lipinski definition) is 2. The maximum absolute atomic E-state index is 12.1. The van der Waals surface area contributed by atoms with Crippen molar-refractivity contribution in [3.05, 3.63) is 53.6 Å². The lowest BCUT2D eigenvalue weighted by molar-refractivity contribution is -0.118. The van der Waals surface area contributed by atoms with Crippen molar-refractivity contribution in [1.29, 1.82) is 0 Å². The highest BCUT2D eigenvalue weighted by atomic mass is 32.2. The zero-order valence-electron chi connectivity index (χ0n) is 16.3. The van der Waals surface area contributed by atoms with Gasteiger partial charge >= 0.3 is 0 Å². The number of benzene rings is 2. The number of hydrogen-bond acceptors (Lipinski definition) is 7. The van der Waals surface area contributed by atoms with E-state index >= 15 is 0 Å². The Hall–Kier alpha value is -3.33. The first-order valence-corrected chi connectivity index (χ1v) is 9.75. The largest absolute Gasteiger partial charge is 0.504 e. The van der Waals surface area contributed by atoms with Crippen LogP contribution in [0.3, 0.4) is 0 Å². The normalized spacial score (nSPS) is 11.0. The van der Waals surface area contributed by atoms with E-state index in [-0.39, 0.29) is 17.4 Å². The summed E-state index contributed by atoms with van der Waals surface area (Å²) in [5.41, 5.74) is 4.98. The molecule has 0 fully saturated rings. The minimum atomic E-state index is -0.297. The third-order valence-corrected chi connectivity index (χ3v) is 5.11. The maximum atomic E-state index is 12.1. The average molecular weight is 411 g/mol. The van der Waals surface area contributed by atoms with Gasteiger partial charge < -0.3 is 14.4 Å². The van der Waals surface area contributed by atoms with Crippen LogP contribution in [-0.2, 0) is 11.8 Å². The first-order valence-electron chi connectivity index (χ1n) is 8.76. The van der Waals surface area contributed by atoms with Crippen molar-refractivity contribution in [2.45, 2.75) is 12.1 Å². The number of aryl methyl sites for hydroxylation is 1. The third kappa shape index (κ3) is 4.94. The Morgan fingerprint density at radius 1 is 1.31 bits per heavy atom. The SMILES string of the molecule is COc1cccc(/C=N/NC(=O)CSc2nnc(-c3cccc(C)c3)n2C)c1O. The molecule has 150 valence electrons. The molecule has 0 saturated carbocycles. The first kappa shape index (κ1) is 20.4. The molecular formula is C20H21N5O3S. The van der Waals surface area contributed by atoms with Gasteiger partial charge in [0.2, 0.25) is 0 Å². The molecule has 8 nitrogen and oxygen atoms in total. The summed E-state index contributed by atoms with van der Waals surface area (Å²) in [6.07, 6.45) is 1.36. The quantitative estimate of drug-likeness (QED) is 0.352. The van der Waals surface area contributed by atoms with Crippen LogP contribution in [0.4, 0.5) is 0 Å². The molecule has 0 aliphatic heterocycles. The van der Waals surface area contributed by atoms with Crippen LogP contribution in [0.1, 0.15) is 11.1 Å². The van der Waals surface area contributed by atoms with Gasteiger partial charge in [-0.15, -0.1) is 10.2 Å². The van der Waals surface area contributed by atoms with Crippen molar-refractivity contribution in [1.82, 2.24) is 20.2 Å². The average Bonchev–Trinajstić information content (AvgIpc) is 3.08. The molecule has 29 heavy (non-hydrogen) atoms. The Kier molecular flexibility index (Phi) is 6.50. The molecule has 1 heterocycles. The molecule has 0 atom stereocenters. The Balaban J connectivity index is 1.58. The topological polar surface area (TPSA) is 102 Å². The number of thioether (sulfide) groups is 1. The van der Waals surface area contributed by atoms with E-state index in [1.165, 1.54) is 25.1 Å². The third-order valence-electron chi connectivity index (χ3n) is 4.09. The minimum Gasteiger partial charge on any atom is -0.504 e. The Morgan fingerprint density at radius 2 is 2.10 bits per heavy atom. The standard InChI is InChI=1S/C20H21N5O3S/c1-13-6-4-7-14(10-13)19-23-24-20(25(19)2)29-12-17(26)22-21-11-15-8-5-9-16(28-3)18(15)27/h4-11,27H,12H2,1-3H3,(H,22,26)/b21-11+. The summed E-state index contributed by atoms with van der Waals surface area (Å²) in [6, 6.07) is 13.0. The number of rotatable bonds is 7. The van der Waals surface area contributed by atoms with Gasteiger partial charge in [0.15, 0.2) is 22.5 Å². The second-order valence-corrected chi connectivity index (χ2v) is 7.16. The van der Waals surface area contributed by atoms with Gasteiger partial charge in [0.1, 0.15) is 0 Å². The highest BCUT2D eigenvalue weighted by Gasteiger charge is 2.13. The zero-order valence-corrected chi connectivity index (χ0v) is 17.1. The first-order chi connectivity index (χ1) is 14.0. The van der Waals surface area contributed by atoms with Crippen molar-refractivity contribution in [2.24, 2.45) is 12.1 Å². The highest BCUT2D eigenvalue weighted by Crippen LogP contribution is 2.28. The van der Waals surface area contributed by atoms with Crippen molar-refractivity contribution in [3.63, 3.8) is 0 Å². The van der Waals surface area contributed by atoms with Crippen LogP contribution < -0.4 is 10.2 Å². The summed E-state index contributed by atoms with van der Waals surface area (Å²) in [6.45, 7) is 2.02. The maximum Gasteiger partial charge on any atom is 0.250 e. The van der Waals surface area contributed by atoms with E-state index in [0.717, 1.165) is 17.0 Å². The fourth-order valence-electron chi connectivity index (χ4n) is 2.62. The summed E-state index contributed by atoms with van der Waals surface area (Å²) in [4.78, 5) is 12.1. The number of hydrazone groups is 1. The molecule has 1 aromatic heterocycles. The molecule has 3 aromatic rings. The van der Waals surface area contributed by atoms with E-state index in [2.05, 4.69) is 20.7 Å². The fraction of sp³-hybridized carbons (Fsp3) is 0.200. The molecule has 9 heteroatoms. The summed E-state index contributed by atoms with van der Waals surface area (Å²) < 4.78 is 6.89. The van der Waals surface area contributed by atoms with Gasteiger partial charge in [0.25, 0.3) is 5.91 Å². The predicted octanol–water partition coefficient (Wildman–Crippen LogP) is 2.75. The number of carbonyl (C=O) groups is 1. The van der Waals surface area contributed by atoms with Crippen molar-refractivity contribution in [2.75, 3.05) is 12.9 Å². The predicted molar refractivity (Wildman–Crippen MR) is 112 cm³/mol. The molecule has 1 amide bonds. The smallest absolute Gasteiger partial charge is 0.250 e. The van der Waals surface area contributed by atoms with Gasteiger partial charge in [-0.25, -0.2) is 5.43 Å². The molecule has 0 unspecified atom stereocenters. The number of nitrogens with zero attached hydrogens (tertiary/aromatic N) is 4. The molecule has 0 bridgehead atoms. The monoisotopic (exact) mass is 411 g/mol. The molecule has 0 aliphatic rings. The van der Waals surface area contributed by atoms with Gasteiger partial charge in [-0.2, -0.15) is 5.10 Å². The number of carbonyl (C=O) groups excluding carboxylic acids is 1. The van der Waals surface area contributed by atoms with E-state index in [0.29, 0.717) is 16.5 Å². The second kappa shape index (κ2) is 9.24. The summed E-state index contributed by atoms with van der Waals surface area (Å²) in [5, 5.41) is 22.9. The Bertz CT molecular complexity index is 1050. The fourth-order valence-corrected chi connectivity index (χ4v) is 3.32. The summed E-state index contributed by atoms with van der Waals surface area (Å²) in [7, 11) is 3.33. The molecular weight excluding hydrogens is 390 g/mol. The molecule has 0 aliphatic carbocycles. The Morgan fingerprint density at radius 3 is 2.86 bits per heavy atom. The molecule has 0 saturated heterocycles. The number of phenolic OH excluding ortho intramolecular Hbond substituents is 1. The van der Waals surface area contributed by atoms with Crippen molar-refractivity contribution >= 4 is 23.9 Å². The second-order valence-electron chi connectivity index (χ2n) is 6.21. The number of methoxy groups -OCH3 is 1. The van der Waals surface area contributed by atoms with Crippen LogP contribution in [-0.4, -0.2) is 44.9 Å². The van der Waals surface area contributed by atoms with E-state index in [4.69, 9.17) is 4.74 Å². The van der Waals surface area contributed by atoms with Gasteiger partial charge in [0, 0.05) is 18.2 Å². The highest BCUT2D eigenvalue weighted by molar-refractivity contribution is 7.99. The van der Waals surface area contributed by atoms with Crippen molar-refractivity contribution in [3.8, 4) is 22.9 Å². The number of aromatic nitrogens is 3. The summed E-state index contributed by atoms with van der Waals surface area (Å²) >= 11 is 1.26. The number of aromatic hydroxyl groups is 1. The van der Waals surface area contributed by atoms with Crippen LogP contribution in [0.5, 0.6) is 11.5 Å². The van der Waals surface area contributed by atoms with Gasteiger partial charge in [-0.05, 0) is 25.1 Å². The van der Waals surface area contributed by atoms with E-state index < -0.39 is 0 Å². The van der Waals surface area contributed by atoms with Crippen LogP contribution in [0.2, 0.25) is 0 Å². The van der Waals surface area contributed by atoms with Crippen LogP contribution in [0, 0.1) is 6.92 Å². The zero-order chi connectivity index (χ0) is 20.8. The molecule has 2 N–H and O–H groups in total. The number of ether oxygens (including phenoxy) is 1. The molecule has 3 rings (SSSR count). The van der Waals surface area contributed by atoms with Crippen LogP contribution in [0.15, 0.2) is 52.7 Å². The lowest BCUT2D eigenvalue weighted by Crippen LogP contribution is -2.19. The Labute approximate surface area is 172 Å². The van der Waals surface area contributed by atoms with Gasteiger partial charge in [0.05, 0.1) is 19.1 Å². The van der Waals surface area contributed by atoms with Gasteiger partial charge in [-0.1, -0.05) is 41.6 Å². The number of para-hydroxylation sites is 1. The number of phenols is 1. The van der Waals surface area contributed by atoms with Crippen LogP contribution >= 0.6 is 11.8 Å². The lowest BCUT2D eigenvalue weighted by atomic mass is 10.1. The summed E-state index contributed by atoms with van der Waals surface area (Å²) in [5.74, 6) is 0.867. The van der Waals surface area contributed by atoms with Gasteiger partial charge in [-0.3, -0.25) is 4.79 Å². The molecule has 2 aromatic carbocycles. The van der Waals surface area contributed by atoms with E-state index in [1.807, 2.05) is 42.8 Å². The lowest BCUT2D eigenvalue weighted by Gasteiger charge is -2.05.